The number of guanidine groups is 1. The molecule has 0 aromatic rings. The zero-order valence-corrected chi connectivity index (χ0v) is 16.7. The first-order chi connectivity index (χ1) is 10.2. The van der Waals surface area contributed by atoms with Gasteiger partial charge in [-0.3, -0.25) is 4.99 Å². The van der Waals surface area contributed by atoms with Crippen molar-refractivity contribution in [2.75, 3.05) is 46.6 Å². The zero-order valence-electron chi connectivity index (χ0n) is 14.4. The van der Waals surface area contributed by atoms with Gasteiger partial charge in [0.25, 0.3) is 0 Å². The van der Waals surface area contributed by atoms with Crippen LogP contribution in [0.15, 0.2) is 4.99 Å². The Kier molecular flexibility index (Phi) is 14.5. The van der Waals surface area contributed by atoms with Gasteiger partial charge in [0.2, 0.25) is 0 Å². The average Bonchev–Trinajstić information content (AvgIpc) is 2.49. The molecule has 0 atom stereocenters. The van der Waals surface area contributed by atoms with Crippen LogP contribution in [-0.4, -0.2) is 52.5 Å². The van der Waals surface area contributed by atoms with Crippen molar-refractivity contribution in [3.8, 4) is 0 Å². The van der Waals surface area contributed by atoms with Crippen LogP contribution in [0, 0.1) is 11.8 Å². The van der Waals surface area contributed by atoms with Gasteiger partial charge in [-0.15, -0.1) is 24.0 Å². The number of nitrogens with zero attached hydrogens (tertiary/aromatic N) is 1. The van der Waals surface area contributed by atoms with Crippen molar-refractivity contribution >= 4 is 29.9 Å². The standard InChI is InChI=1S/C16H33N3O2.HI/c1-14(2)5-9-19-16(17-3)18-8-4-10-21-13-15-6-11-20-12-7-15;/h14-15H,4-13H2,1-3H3,(H2,17,18,19);1H. The second kappa shape index (κ2) is 14.5. The van der Waals surface area contributed by atoms with E-state index in [-0.39, 0.29) is 24.0 Å². The van der Waals surface area contributed by atoms with Crippen molar-refractivity contribution in [3.63, 3.8) is 0 Å². The Morgan fingerprint density at radius 1 is 1.23 bits per heavy atom. The molecule has 6 heteroatoms. The Balaban J connectivity index is 0.00000441. The van der Waals surface area contributed by atoms with E-state index in [2.05, 4.69) is 29.5 Å². The fourth-order valence-corrected chi connectivity index (χ4v) is 2.24. The number of ether oxygens (including phenoxy) is 2. The molecule has 0 saturated carbocycles. The topological polar surface area (TPSA) is 54.9 Å². The Morgan fingerprint density at radius 2 is 1.91 bits per heavy atom. The van der Waals surface area contributed by atoms with Gasteiger partial charge in [0, 0.05) is 46.6 Å². The van der Waals surface area contributed by atoms with Crippen LogP contribution in [0.25, 0.3) is 0 Å². The largest absolute Gasteiger partial charge is 0.381 e. The normalized spacial score (nSPS) is 16.5. The maximum atomic E-state index is 5.75. The van der Waals surface area contributed by atoms with Crippen molar-refractivity contribution in [2.45, 2.75) is 39.5 Å². The molecule has 1 fully saturated rings. The lowest BCUT2D eigenvalue weighted by Gasteiger charge is -2.21. The third-order valence-electron chi connectivity index (χ3n) is 3.69. The number of aliphatic imine (C=N–C) groups is 1. The highest BCUT2D eigenvalue weighted by Gasteiger charge is 2.13. The number of nitrogens with one attached hydrogen (secondary N) is 2. The van der Waals surface area contributed by atoms with Crippen LogP contribution >= 0.6 is 24.0 Å². The molecule has 0 aromatic carbocycles. The highest BCUT2D eigenvalue weighted by atomic mass is 127. The van der Waals surface area contributed by atoms with Gasteiger partial charge in [0.15, 0.2) is 5.96 Å². The quantitative estimate of drug-likeness (QED) is 0.257. The van der Waals surface area contributed by atoms with Gasteiger partial charge >= 0.3 is 0 Å². The van der Waals surface area contributed by atoms with Crippen LogP contribution in [-0.2, 0) is 9.47 Å². The Hall–Kier alpha value is -0.0800. The van der Waals surface area contributed by atoms with E-state index >= 15 is 0 Å². The van der Waals surface area contributed by atoms with E-state index in [0.717, 1.165) is 71.2 Å². The summed E-state index contributed by atoms with van der Waals surface area (Å²) >= 11 is 0. The molecule has 0 aliphatic carbocycles. The molecule has 132 valence electrons. The first-order valence-corrected chi connectivity index (χ1v) is 8.32. The summed E-state index contributed by atoms with van der Waals surface area (Å²) in [4.78, 5) is 4.22. The van der Waals surface area contributed by atoms with Crippen LogP contribution < -0.4 is 10.6 Å². The molecule has 5 nitrogen and oxygen atoms in total. The summed E-state index contributed by atoms with van der Waals surface area (Å²) in [6.07, 6.45) is 4.46. The molecule has 1 rings (SSSR count). The summed E-state index contributed by atoms with van der Waals surface area (Å²) in [6, 6.07) is 0. The van der Waals surface area contributed by atoms with E-state index in [4.69, 9.17) is 9.47 Å². The minimum absolute atomic E-state index is 0. The predicted molar refractivity (Wildman–Crippen MR) is 103 cm³/mol. The lowest BCUT2D eigenvalue weighted by molar-refractivity contribution is 0.0203. The Labute approximate surface area is 153 Å². The highest BCUT2D eigenvalue weighted by molar-refractivity contribution is 14.0. The fraction of sp³-hybridized carbons (Fsp3) is 0.938. The summed E-state index contributed by atoms with van der Waals surface area (Å²) in [5.74, 6) is 2.30. The van der Waals surface area contributed by atoms with Crippen LogP contribution in [0.2, 0.25) is 0 Å². The van der Waals surface area contributed by atoms with E-state index in [0.29, 0.717) is 11.8 Å². The molecular weight excluding hydrogens is 393 g/mol. The van der Waals surface area contributed by atoms with Crippen LogP contribution in [0.3, 0.4) is 0 Å². The van der Waals surface area contributed by atoms with Crippen molar-refractivity contribution in [1.82, 2.24) is 10.6 Å². The average molecular weight is 427 g/mol. The summed E-state index contributed by atoms with van der Waals surface area (Å²) in [5, 5.41) is 6.65. The molecule has 1 saturated heterocycles. The molecule has 1 aliphatic rings. The van der Waals surface area contributed by atoms with Gasteiger partial charge in [0.05, 0.1) is 0 Å². The summed E-state index contributed by atoms with van der Waals surface area (Å²) in [7, 11) is 1.81. The zero-order chi connectivity index (χ0) is 15.3. The molecule has 0 bridgehead atoms. The van der Waals surface area contributed by atoms with Gasteiger partial charge in [-0.25, -0.2) is 0 Å². The van der Waals surface area contributed by atoms with Gasteiger partial charge in [-0.05, 0) is 37.5 Å². The fourth-order valence-electron chi connectivity index (χ4n) is 2.24. The van der Waals surface area contributed by atoms with Gasteiger partial charge in [0.1, 0.15) is 0 Å². The number of hydrogen-bond donors (Lipinski definition) is 2. The smallest absolute Gasteiger partial charge is 0.190 e. The molecule has 0 amide bonds. The van der Waals surface area contributed by atoms with Gasteiger partial charge in [-0.1, -0.05) is 13.8 Å². The number of halogens is 1. The SMILES string of the molecule is CN=C(NCCCOCC1CCOCC1)NCCC(C)C.I. The summed E-state index contributed by atoms with van der Waals surface area (Å²) in [6.45, 7) is 9.81. The van der Waals surface area contributed by atoms with E-state index in [1.807, 2.05) is 7.05 Å². The highest BCUT2D eigenvalue weighted by Crippen LogP contribution is 2.14. The summed E-state index contributed by atoms with van der Waals surface area (Å²) in [5.41, 5.74) is 0. The number of rotatable bonds is 9. The molecule has 0 aromatic heterocycles. The molecule has 1 heterocycles. The molecular formula is C16H34IN3O2. The molecule has 22 heavy (non-hydrogen) atoms. The third kappa shape index (κ3) is 11.5. The van der Waals surface area contributed by atoms with Crippen molar-refractivity contribution in [2.24, 2.45) is 16.8 Å². The second-order valence-electron chi connectivity index (χ2n) is 6.09. The van der Waals surface area contributed by atoms with Gasteiger partial charge < -0.3 is 20.1 Å². The second-order valence-corrected chi connectivity index (χ2v) is 6.09. The van der Waals surface area contributed by atoms with E-state index in [9.17, 15) is 0 Å². The molecule has 0 radical (unpaired) electrons. The van der Waals surface area contributed by atoms with Crippen LogP contribution in [0.5, 0.6) is 0 Å². The molecule has 0 spiro atoms. The third-order valence-corrected chi connectivity index (χ3v) is 3.69. The van der Waals surface area contributed by atoms with Crippen molar-refractivity contribution in [1.29, 1.82) is 0 Å². The van der Waals surface area contributed by atoms with Crippen molar-refractivity contribution < 1.29 is 9.47 Å². The van der Waals surface area contributed by atoms with Crippen molar-refractivity contribution in [3.05, 3.63) is 0 Å². The first-order valence-electron chi connectivity index (χ1n) is 8.32. The predicted octanol–water partition coefficient (Wildman–Crippen LogP) is 2.65. The maximum Gasteiger partial charge on any atom is 0.190 e. The molecule has 0 unspecified atom stereocenters. The Morgan fingerprint density at radius 3 is 2.55 bits per heavy atom. The minimum atomic E-state index is 0. The maximum absolute atomic E-state index is 5.75. The lowest BCUT2D eigenvalue weighted by atomic mass is 10.0. The Bertz CT molecular complexity index is 283. The lowest BCUT2D eigenvalue weighted by Crippen LogP contribution is -2.38. The number of hydrogen-bond acceptors (Lipinski definition) is 3. The molecule has 1 aliphatic heterocycles. The molecule has 2 N–H and O–H groups in total. The van der Waals surface area contributed by atoms with E-state index in [1.165, 1.54) is 0 Å². The van der Waals surface area contributed by atoms with E-state index in [1.54, 1.807) is 0 Å². The first kappa shape index (κ1) is 21.9. The van der Waals surface area contributed by atoms with E-state index < -0.39 is 0 Å². The summed E-state index contributed by atoms with van der Waals surface area (Å²) < 4.78 is 11.1. The monoisotopic (exact) mass is 427 g/mol. The minimum Gasteiger partial charge on any atom is -0.381 e. The van der Waals surface area contributed by atoms with Gasteiger partial charge in [-0.2, -0.15) is 0 Å². The van der Waals surface area contributed by atoms with Crippen LogP contribution in [0.4, 0.5) is 0 Å². The van der Waals surface area contributed by atoms with Crippen LogP contribution in [0.1, 0.15) is 39.5 Å².